The molecule has 2 bridgehead atoms. The molecule has 4 rings (SSSR count). The van der Waals surface area contributed by atoms with Crippen molar-refractivity contribution >= 4 is 21.0 Å². The highest BCUT2D eigenvalue weighted by Gasteiger charge is 2.44. The minimum absolute atomic E-state index is 0.169. The second kappa shape index (κ2) is 6.11. The van der Waals surface area contributed by atoms with E-state index >= 15 is 0 Å². The van der Waals surface area contributed by atoms with Gasteiger partial charge in [0.1, 0.15) is 0 Å². The van der Waals surface area contributed by atoms with Gasteiger partial charge in [0.05, 0.1) is 6.04 Å². The van der Waals surface area contributed by atoms with Gasteiger partial charge in [-0.2, -0.15) is 17.4 Å². The van der Waals surface area contributed by atoms with E-state index in [1.54, 1.807) is 4.31 Å². The van der Waals surface area contributed by atoms with Crippen LogP contribution in [0.1, 0.15) is 30.9 Å². The molecule has 1 heterocycles. The van der Waals surface area contributed by atoms with Crippen LogP contribution in [-0.2, 0) is 10.2 Å². The molecule has 3 atom stereocenters. The Labute approximate surface area is 143 Å². The van der Waals surface area contributed by atoms with Crippen molar-refractivity contribution in [1.29, 1.82) is 0 Å². The van der Waals surface area contributed by atoms with Gasteiger partial charge >= 0.3 is 0 Å². The van der Waals surface area contributed by atoms with E-state index in [1.807, 2.05) is 42.5 Å². The fraction of sp³-hybridized carbons (Fsp3) is 0.444. The zero-order valence-corrected chi connectivity index (χ0v) is 14.4. The fourth-order valence-electron chi connectivity index (χ4n) is 4.10. The van der Waals surface area contributed by atoms with Crippen molar-refractivity contribution in [1.82, 2.24) is 9.03 Å². The summed E-state index contributed by atoms with van der Waals surface area (Å²) < 4.78 is 30.0. The van der Waals surface area contributed by atoms with Gasteiger partial charge in [0.15, 0.2) is 0 Å². The standard InChI is InChI=1S/C18H23N3O2S/c19-11-18(16-7-6-14-3-1-2-4-15(14)10-16)20-24(22,23)21-12-13-5-8-17(21)9-13/h1-4,6-7,10,13,17-18,20H,5,8-9,11-12,19H2. The van der Waals surface area contributed by atoms with E-state index in [-0.39, 0.29) is 12.6 Å². The summed E-state index contributed by atoms with van der Waals surface area (Å²) in [5.74, 6) is 0.531. The monoisotopic (exact) mass is 345 g/mol. The predicted molar refractivity (Wildman–Crippen MR) is 95.6 cm³/mol. The van der Waals surface area contributed by atoms with Gasteiger partial charge in [-0.3, -0.25) is 0 Å². The number of nitrogens with two attached hydrogens (primary N) is 1. The Morgan fingerprint density at radius 2 is 1.96 bits per heavy atom. The van der Waals surface area contributed by atoms with Crippen molar-refractivity contribution in [2.45, 2.75) is 31.3 Å². The average Bonchev–Trinajstić information content (AvgIpc) is 3.23. The van der Waals surface area contributed by atoms with Crippen LogP contribution < -0.4 is 10.5 Å². The van der Waals surface area contributed by atoms with E-state index in [1.165, 1.54) is 0 Å². The summed E-state index contributed by atoms with van der Waals surface area (Å²) in [6.07, 6.45) is 3.14. The number of nitrogens with one attached hydrogen (secondary N) is 1. The molecule has 0 amide bonds. The first-order valence-electron chi connectivity index (χ1n) is 8.54. The lowest BCUT2D eigenvalue weighted by Gasteiger charge is -2.28. The molecule has 2 aliphatic rings. The molecule has 2 aromatic carbocycles. The van der Waals surface area contributed by atoms with E-state index in [0.29, 0.717) is 12.5 Å². The first kappa shape index (κ1) is 16.0. The molecule has 1 saturated carbocycles. The molecule has 0 radical (unpaired) electrons. The third-order valence-electron chi connectivity index (χ3n) is 5.37. The highest BCUT2D eigenvalue weighted by atomic mass is 32.2. The van der Waals surface area contributed by atoms with Crippen molar-refractivity contribution in [2.75, 3.05) is 13.1 Å². The molecular formula is C18H23N3O2S. The summed E-state index contributed by atoms with van der Waals surface area (Å²) in [4.78, 5) is 0. The predicted octanol–water partition coefficient (Wildman–Crippen LogP) is 2.16. The number of piperidine rings is 1. The summed E-state index contributed by atoms with van der Waals surface area (Å²) >= 11 is 0. The summed E-state index contributed by atoms with van der Waals surface area (Å²) in [7, 11) is -3.50. The van der Waals surface area contributed by atoms with Crippen LogP contribution in [0.5, 0.6) is 0 Å². The van der Waals surface area contributed by atoms with Gasteiger partial charge in [-0.15, -0.1) is 0 Å². The van der Waals surface area contributed by atoms with Gasteiger partial charge < -0.3 is 5.73 Å². The summed E-state index contributed by atoms with van der Waals surface area (Å²) in [6.45, 7) is 0.883. The Bertz CT molecular complexity index is 852. The van der Waals surface area contributed by atoms with E-state index < -0.39 is 16.3 Å². The quantitative estimate of drug-likeness (QED) is 0.872. The van der Waals surface area contributed by atoms with Gasteiger partial charge in [-0.05, 0) is 47.6 Å². The Balaban J connectivity index is 1.58. The zero-order valence-electron chi connectivity index (χ0n) is 13.6. The maximum Gasteiger partial charge on any atom is 0.280 e. The molecule has 24 heavy (non-hydrogen) atoms. The minimum atomic E-state index is -3.50. The van der Waals surface area contributed by atoms with Crippen LogP contribution in [0, 0.1) is 5.92 Å². The van der Waals surface area contributed by atoms with Crippen LogP contribution in [0.15, 0.2) is 42.5 Å². The van der Waals surface area contributed by atoms with Gasteiger partial charge in [0.25, 0.3) is 10.2 Å². The van der Waals surface area contributed by atoms with Crippen LogP contribution in [0.4, 0.5) is 0 Å². The third-order valence-corrected chi connectivity index (χ3v) is 7.02. The third kappa shape index (κ3) is 2.84. The average molecular weight is 345 g/mol. The van der Waals surface area contributed by atoms with Crippen LogP contribution in [0.25, 0.3) is 10.8 Å². The molecule has 1 saturated heterocycles. The van der Waals surface area contributed by atoms with Crippen molar-refractivity contribution in [3.63, 3.8) is 0 Å². The van der Waals surface area contributed by atoms with Crippen molar-refractivity contribution in [3.8, 4) is 0 Å². The first-order chi connectivity index (χ1) is 11.6. The van der Waals surface area contributed by atoms with Gasteiger partial charge in [0.2, 0.25) is 0 Å². The Kier molecular flexibility index (Phi) is 4.08. The SMILES string of the molecule is NCC(NS(=O)(=O)N1CC2CCC1C2)c1ccc2ccccc2c1. The van der Waals surface area contributed by atoms with Crippen LogP contribution in [0.2, 0.25) is 0 Å². The molecule has 1 aliphatic heterocycles. The normalized spacial score (nSPS) is 25.4. The molecule has 2 fully saturated rings. The largest absolute Gasteiger partial charge is 0.329 e. The smallest absolute Gasteiger partial charge is 0.280 e. The van der Waals surface area contributed by atoms with Crippen molar-refractivity contribution in [3.05, 3.63) is 48.0 Å². The highest BCUT2D eigenvalue weighted by molar-refractivity contribution is 7.87. The molecule has 5 nitrogen and oxygen atoms in total. The Morgan fingerprint density at radius 3 is 2.62 bits per heavy atom. The van der Waals surface area contributed by atoms with E-state index in [0.717, 1.165) is 35.6 Å². The number of fused-ring (bicyclic) bond motifs is 3. The van der Waals surface area contributed by atoms with Crippen LogP contribution in [-0.4, -0.2) is 31.9 Å². The van der Waals surface area contributed by atoms with Gasteiger partial charge in [-0.25, -0.2) is 0 Å². The second-order valence-corrected chi connectivity index (χ2v) is 8.58. The Hall–Kier alpha value is -1.47. The molecule has 128 valence electrons. The summed E-state index contributed by atoms with van der Waals surface area (Å²) in [5.41, 5.74) is 6.79. The first-order valence-corrected chi connectivity index (χ1v) is 9.98. The molecule has 3 N–H and O–H groups in total. The number of rotatable bonds is 5. The van der Waals surface area contributed by atoms with E-state index in [9.17, 15) is 8.42 Å². The van der Waals surface area contributed by atoms with Crippen LogP contribution in [0.3, 0.4) is 0 Å². The van der Waals surface area contributed by atoms with Crippen LogP contribution >= 0.6 is 0 Å². The number of hydrogen-bond donors (Lipinski definition) is 2. The molecule has 6 heteroatoms. The van der Waals surface area contributed by atoms with E-state index in [4.69, 9.17) is 5.73 Å². The number of benzene rings is 2. The fourth-order valence-corrected chi connectivity index (χ4v) is 5.82. The topological polar surface area (TPSA) is 75.4 Å². The highest BCUT2D eigenvalue weighted by Crippen LogP contribution is 2.39. The zero-order chi connectivity index (χ0) is 16.7. The molecular weight excluding hydrogens is 322 g/mol. The van der Waals surface area contributed by atoms with Crippen molar-refractivity contribution < 1.29 is 8.42 Å². The summed E-state index contributed by atoms with van der Waals surface area (Å²) in [5, 5.41) is 2.23. The van der Waals surface area contributed by atoms with Gasteiger partial charge in [-0.1, -0.05) is 36.4 Å². The maximum atomic E-state index is 12.8. The maximum absolute atomic E-state index is 12.8. The molecule has 3 unspecified atom stereocenters. The number of hydrogen-bond acceptors (Lipinski definition) is 3. The lowest BCUT2D eigenvalue weighted by Crippen LogP contribution is -2.47. The molecule has 2 aromatic rings. The minimum Gasteiger partial charge on any atom is -0.329 e. The van der Waals surface area contributed by atoms with E-state index in [2.05, 4.69) is 4.72 Å². The second-order valence-electron chi connectivity index (χ2n) is 6.92. The number of nitrogens with zero attached hydrogens (tertiary/aromatic N) is 1. The summed E-state index contributed by atoms with van der Waals surface area (Å²) in [6, 6.07) is 13.8. The molecule has 0 aromatic heterocycles. The molecule has 1 aliphatic carbocycles. The van der Waals surface area contributed by atoms with Gasteiger partial charge in [0, 0.05) is 19.1 Å². The lowest BCUT2D eigenvalue weighted by atomic mass is 10.0. The van der Waals surface area contributed by atoms with Crippen molar-refractivity contribution in [2.24, 2.45) is 11.7 Å². The Morgan fingerprint density at radius 1 is 1.17 bits per heavy atom. The molecule has 0 spiro atoms. The lowest BCUT2D eigenvalue weighted by molar-refractivity contribution is 0.326.